The van der Waals surface area contributed by atoms with Gasteiger partial charge in [0.05, 0.1) is 10.6 Å². The number of ether oxygens (including phenoxy) is 2. The van der Waals surface area contributed by atoms with Crippen LogP contribution in [0, 0.1) is 5.82 Å². The monoisotopic (exact) mass is 583 g/mol. The van der Waals surface area contributed by atoms with Gasteiger partial charge in [-0.2, -0.15) is 0 Å². The quantitative estimate of drug-likeness (QED) is 0.322. The molecule has 1 heterocycles. The van der Waals surface area contributed by atoms with Crippen molar-refractivity contribution in [3.05, 3.63) is 84.2 Å². The summed E-state index contributed by atoms with van der Waals surface area (Å²) in [6.45, 7) is 4.09. The molecule has 1 unspecified atom stereocenters. The second-order valence-corrected chi connectivity index (χ2v) is 11.5. The summed E-state index contributed by atoms with van der Waals surface area (Å²) in [5.41, 5.74) is 0.790. The molecule has 2 amide bonds. The van der Waals surface area contributed by atoms with Crippen LogP contribution in [0.2, 0.25) is 0 Å². The normalized spacial score (nSPS) is 13.2. The number of benzene rings is 3. The van der Waals surface area contributed by atoms with E-state index < -0.39 is 34.3 Å². The molecule has 0 radical (unpaired) electrons. The van der Waals surface area contributed by atoms with E-state index in [9.17, 15) is 22.4 Å². The van der Waals surface area contributed by atoms with Crippen LogP contribution in [0.3, 0.4) is 0 Å². The summed E-state index contributed by atoms with van der Waals surface area (Å²) in [5, 5.41) is 2.83. The van der Waals surface area contributed by atoms with Gasteiger partial charge in [-0.05, 0) is 55.3 Å². The minimum absolute atomic E-state index is 0.00173. The lowest BCUT2D eigenvalue weighted by Gasteiger charge is -2.32. The Balaban J connectivity index is 1.70. The first kappa shape index (κ1) is 29.9. The predicted molar refractivity (Wildman–Crippen MR) is 153 cm³/mol. The summed E-state index contributed by atoms with van der Waals surface area (Å²) in [6.07, 6.45) is 1.66. The number of amides is 2. The van der Waals surface area contributed by atoms with Crippen LogP contribution in [0.5, 0.6) is 11.5 Å². The number of nitrogens with one attached hydrogen (secondary N) is 1. The van der Waals surface area contributed by atoms with Crippen molar-refractivity contribution in [2.45, 2.75) is 44.2 Å². The smallest absolute Gasteiger partial charge is 0.264 e. The molecule has 0 spiro atoms. The van der Waals surface area contributed by atoms with Crippen molar-refractivity contribution in [1.29, 1.82) is 0 Å². The minimum atomic E-state index is -4.21. The van der Waals surface area contributed by atoms with Crippen LogP contribution in [0.4, 0.5) is 10.1 Å². The van der Waals surface area contributed by atoms with Gasteiger partial charge in [-0.1, -0.05) is 43.7 Å². The standard InChI is InChI=1S/C30H34FN3O6S/c1-3-4-16-32-30(36)22(2)33(20-23-10-12-24(31)13-11-23)29(35)21-34(41(37,38)26-8-6-5-7-9-26)25-14-15-27-28(19-25)40-18-17-39-27/h5-15,19,22H,3-4,16-18,20-21H2,1-2H3,(H,32,36). The highest BCUT2D eigenvalue weighted by Crippen LogP contribution is 2.36. The molecule has 0 fully saturated rings. The first-order valence-corrected chi connectivity index (χ1v) is 14.9. The second-order valence-electron chi connectivity index (χ2n) is 9.62. The van der Waals surface area contributed by atoms with Crippen LogP contribution in [-0.2, 0) is 26.2 Å². The molecule has 1 aliphatic heterocycles. The van der Waals surface area contributed by atoms with Crippen LogP contribution >= 0.6 is 0 Å². The molecule has 0 aliphatic carbocycles. The second kappa shape index (κ2) is 13.5. The molecular weight excluding hydrogens is 549 g/mol. The zero-order chi connectivity index (χ0) is 29.4. The van der Waals surface area contributed by atoms with Crippen molar-refractivity contribution >= 4 is 27.5 Å². The van der Waals surface area contributed by atoms with Crippen molar-refractivity contribution in [3.8, 4) is 11.5 Å². The highest BCUT2D eigenvalue weighted by molar-refractivity contribution is 7.92. The van der Waals surface area contributed by atoms with Crippen LogP contribution in [0.15, 0.2) is 77.7 Å². The van der Waals surface area contributed by atoms with Crippen molar-refractivity contribution in [2.24, 2.45) is 0 Å². The predicted octanol–water partition coefficient (Wildman–Crippen LogP) is 4.13. The molecule has 0 bridgehead atoms. The van der Waals surface area contributed by atoms with Crippen LogP contribution in [-0.4, -0.2) is 57.5 Å². The summed E-state index contributed by atoms with van der Waals surface area (Å²) in [5.74, 6) is -0.580. The molecule has 41 heavy (non-hydrogen) atoms. The Morgan fingerprint density at radius 1 is 0.976 bits per heavy atom. The van der Waals surface area contributed by atoms with Gasteiger partial charge in [-0.25, -0.2) is 12.8 Å². The zero-order valence-electron chi connectivity index (χ0n) is 23.1. The van der Waals surface area contributed by atoms with E-state index in [1.54, 1.807) is 37.3 Å². The first-order valence-electron chi connectivity index (χ1n) is 13.5. The third-order valence-electron chi connectivity index (χ3n) is 6.69. The maximum absolute atomic E-state index is 14.0. The van der Waals surface area contributed by atoms with Gasteiger partial charge in [0.15, 0.2) is 11.5 Å². The lowest BCUT2D eigenvalue weighted by molar-refractivity contribution is -0.139. The lowest BCUT2D eigenvalue weighted by atomic mass is 10.1. The average molecular weight is 584 g/mol. The van der Waals surface area contributed by atoms with E-state index >= 15 is 0 Å². The van der Waals surface area contributed by atoms with Gasteiger partial charge in [-0.3, -0.25) is 13.9 Å². The van der Waals surface area contributed by atoms with Crippen LogP contribution < -0.4 is 19.1 Å². The number of anilines is 1. The molecule has 4 rings (SSSR count). The molecular formula is C30H34FN3O6S. The summed E-state index contributed by atoms with van der Waals surface area (Å²) in [7, 11) is -4.21. The van der Waals surface area contributed by atoms with Gasteiger partial charge in [0.1, 0.15) is 31.6 Å². The molecule has 3 aromatic carbocycles. The topological polar surface area (TPSA) is 105 Å². The number of carbonyl (C=O) groups excluding carboxylic acids is 2. The number of fused-ring (bicyclic) bond motifs is 1. The number of sulfonamides is 1. The fourth-order valence-electron chi connectivity index (χ4n) is 4.34. The number of unbranched alkanes of at least 4 members (excludes halogenated alkanes) is 1. The fraction of sp³-hybridized carbons (Fsp3) is 0.333. The third-order valence-corrected chi connectivity index (χ3v) is 8.47. The van der Waals surface area contributed by atoms with Crippen molar-refractivity contribution < 1.29 is 31.9 Å². The molecule has 1 aliphatic rings. The molecule has 11 heteroatoms. The van der Waals surface area contributed by atoms with Crippen molar-refractivity contribution in [2.75, 3.05) is 30.6 Å². The highest BCUT2D eigenvalue weighted by atomic mass is 32.2. The number of halogens is 1. The van der Waals surface area contributed by atoms with E-state index in [1.165, 1.54) is 47.4 Å². The van der Waals surface area contributed by atoms with Crippen molar-refractivity contribution in [3.63, 3.8) is 0 Å². The SMILES string of the molecule is CCCCNC(=O)C(C)N(Cc1ccc(F)cc1)C(=O)CN(c1ccc2c(c1)OCCO2)S(=O)(=O)c1ccccc1. The summed E-state index contributed by atoms with van der Waals surface area (Å²) in [4.78, 5) is 28.3. The Kier molecular flexibility index (Phi) is 9.82. The molecule has 218 valence electrons. The van der Waals surface area contributed by atoms with E-state index in [0.29, 0.717) is 36.8 Å². The highest BCUT2D eigenvalue weighted by Gasteiger charge is 2.33. The Hall–Kier alpha value is -4.12. The largest absolute Gasteiger partial charge is 0.486 e. The van der Waals surface area contributed by atoms with Crippen LogP contribution in [0.1, 0.15) is 32.3 Å². The summed E-state index contributed by atoms with van der Waals surface area (Å²) >= 11 is 0. The molecule has 3 aromatic rings. The Bertz CT molecular complexity index is 1450. The number of carbonyl (C=O) groups is 2. The zero-order valence-corrected chi connectivity index (χ0v) is 23.9. The first-order chi connectivity index (χ1) is 19.7. The fourth-order valence-corrected chi connectivity index (χ4v) is 5.77. The molecule has 1 N–H and O–H groups in total. The Labute approximate surface area is 239 Å². The average Bonchev–Trinajstić information content (AvgIpc) is 2.99. The molecule has 0 saturated carbocycles. The van der Waals surface area contributed by atoms with E-state index in [0.717, 1.165) is 17.1 Å². The number of rotatable bonds is 12. The molecule has 1 atom stereocenters. The van der Waals surface area contributed by atoms with Crippen LogP contribution in [0.25, 0.3) is 0 Å². The van der Waals surface area contributed by atoms with Gasteiger partial charge in [-0.15, -0.1) is 0 Å². The Morgan fingerprint density at radius 2 is 1.66 bits per heavy atom. The van der Waals surface area contributed by atoms with Gasteiger partial charge in [0, 0.05) is 19.2 Å². The van der Waals surface area contributed by atoms with Crippen molar-refractivity contribution in [1.82, 2.24) is 10.2 Å². The van der Waals surface area contributed by atoms with Gasteiger partial charge in [0.25, 0.3) is 10.0 Å². The van der Waals surface area contributed by atoms with Gasteiger partial charge >= 0.3 is 0 Å². The molecule has 0 aromatic heterocycles. The van der Waals surface area contributed by atoms with E-state index in [2.05, 4.69) is 5.32 Å². The van der Waals surface area contributed by atoms with Gasteiger partial charge in [0.2, 0.25) is 11.8 Å². The minimum Gasteiger partial charge on any atom is -0.486 e. The third kappa shape index (κ3) is 7.35. The summed E-state index contributed by atoms with van der Waals surface area (Å²) < 4.78 is 53.6. The number of hydrogen-bond donors (Lipinski definition) is 1. The number of nitrogens with zero attached hydrogens (tertiary/aromatic N) is 2. The molecule has 9 nitrogen and oxygen atoms in total. The lowest BCUT2D eigenvalue weighted by Crippen LogP contribution is -2.51. The van der Waals surface area contributed by atoms with E-state index in [-0.39, 0.29) is 23.0 Å². The van der Waals surface area contributed by atoms with E-state index in [4.69, 9.17) is 9.47 Å². The molecule has 0 saturated heterocycles. The Morgan fingerprint density at radius 3 is 2.34 bits per heavy atom. The van der Waals surface area contributed by atoms with E-state index in [1.807, 2.05) is 6.92 Å². The summed E-state index contributed by atoms with van der Waals surface area (Å²) in [6, 6.07) is 17.1. The maximum Gasteiger partial charge on any atom is 0.264 e. The maximum atomic E-state index is 14.0. The number of hydrogen-bond acceptors (Lipinski definition) is 6. The van der Waals surface area contributed by atoms with Gasteiger partial charge < -0.3 is 19.7 Å².